The summed E-state index contributed by atoms with van der Waals surface area (Å²) >= 11 is 0. The number of pyridine rings is 1. The van der Waals surface area contributed by atoms with Gasteiger partial charge in [-0.2, -0.15) is 5.10 Å². The van der Waals surface area contributed by atoms with Crippen molar-refractivity contribution < 1.29 is 14.4 Å². The Morgan fingerprint density at radius 2 is 1.94 bits per heavy atom. The Morgan fingerprint density at radius 1 is 1.12 bits per heavy atom. The predicted molar refractivity (Wildman–Crippen MR) is 119 cm³/mol. The molecule has 2 fully saturated rings. The van der Waals surface area contributed by atoms with Crippen LogP contribution in [0.1, 0.15) is 35.3 Å². The van der Waals surface area contributed by atoms with Gasteiger partial charge < -0.3 is 15.0 Å². The number of carbonyl (C=O) groups is 3. The predicted octanol–water partition coefficient (Wildman–Crippen LogP) is 2.50. The number of carbonyl (C=O) groups excluding carboxylic acids is 3. The highest BCUT2D eigenvalue weighted by atomic mass is 16.2. The fraction of sp³-hybridized carbons (Fsp3) is 0.360. The first-order valence-electron chi connectivity index (χ1n) is 11.2. The molecule has 7 heteroatoms. The van der Waals surface area contributed by atoms with Gasteiger partial charge in [0.2, 0.25) is 5.91 Å². The molecule has 32 heavy (non-hydrogen) atoms. The van der Waals surface area contributed by atoms with Gasteiger partial charge in [-0.3, -0.25) is 9.59 Å². The minimum absolute atomic E-state index is 0.125. The van der Waals surface area contributed by atoms with Crippen LogP contribution >= 0.6 is 0 Å². The molecule has 1 N–H and O–H groups in total. The zero-order valence-corrected chi connectivity index (χ0v) is 17.8. The summed E-state index contributed by atoms with van der Waals surface area (Å²) in [5.41, 5.74) is 2.15. The van der Waals surface area contributed by atoms with E-state index in [-0.39, 0.29) is 17.7 Å². The van der Waals surface area contributed by atoms with Crippen molar-refractivity contribution in [2.24, 2.45) is 11.8 Å². The lowest BCUT2D eigenvalue weighted by Gasteiger charge is -2.27. The summed E-state index contributed by atoms with van der Waals surface area (Å²) < 4.78 is 1.67. The zero-order chi connectivity index (χ0) is 22.1. The van der Waals surface area contributed by atoms with Crippen LogP contribution in [0.3, 0.4) is 0 Å². The molecule has 1 aliphatic carbocycles. The highest BCUT2D eigenvalue weighted by molar-refractivity contribution is 5.98. The molecule has 0 spiro atoms. The van der Waals surface area contributed by atoms with Crippen LogP contribution in [-0.4, -0.2) is 51.2 Å². The molecule has 3 aromatic rings. The van der Waals surface area contributed by atoms with Gasteiger partial charge in [0.1, 0.15) is 12.3 Å². The second-order valence-corrected chi connectivity index (χ2v) is 8.80. The van der Waals surface area contributed by atoms with Gasteiger partial charge in [0.25, 0.3) is 5.91 Å². The van der Waals surface area contributed by atoms with Crippen LogP contribution in [0, 0.1) is 11.8 Å². The molecule has 7 nitrogen and oxygen atoms in total. The monoisotopic (exact) mass is 430 g/mol. The van der Waals surface area contributed by atoms with E-state index in [9.17, 15) is 14.4 Å². The van der Waals surface area contributed by atoms with E-state index in [2.05, 4.69) is 10.4 Å². The van der Waals surface area contributed by atoms with Gasteiger partial charge in [0.15, 0.2) is 5.69 Å². The lowest BCUT2D eigenvalue weighted by molar-refractivity contribution is -0.128. The fourth-order valence-corrected chi connectivity index (χ4v) is 5.31. The van der Waals surface area contributed by atoms with Crippen LogP contribution in [0.5, 0.6) is 0 Å². The highest BCUT2D eigenvalue weighted by Gasteiger charge is 2.50. The molecule has 3 heterocycles. The molecule has 2 aliphatic rings. The van der Waals surface area contributed by atoms with Crippen molar-refractivity contribution in [2.45, 2.75) is 37.8 Å². The molecule has 1 aromatic carbocycles. The minimum atomic E-state index is -0.627. The van der Waals surface area contributed by atoms with Crippen LogP contribution in [0.25, 0.3) is 5.52 Å². The number of rotatable bonds is 6. The number of aromatic nitrogens is 2. The quantitative estimate of drug-likeness (QED) is 0.609. The summed E-state index contributed by atoms with van der Waals surface area (Å²) in [5.74, 6) is -0.0333. The summed E-state index contributed by atoms with van der Waals surface area (Å²) in [6, 6.07) is 15.8. The van der Waals surface area contributed by atoms with Crippen molar-refractivity contribution in [3.63, 3.8) is 0 Å². The summed E-state index contributed by atoms with van der Waals surface area (Å²) in [6.07, 6.45) is 6.01. The Hall–Kier alpha value is -3.48. The average molecular weight is 431 g/mol. The number of nitrogens with zero attached hydrogens (tertiary/aromatic N) is 3. The Bertz CT molecular complexity index is 1110. The van der Waals surface area contributed by atoms with E-state index in [0.717, 1.165) is 36.6 Å². The maximum Gasteiger partial charge on any atom is 0.275 e. The third-order valence-electron chi connectivity index (χ3n) is 6.80. The average Bonchev–Trinajstić information content (AvgIpc) is 3.52. The molecule has 2 aromatic heterocycles. The maximum absolute atomic E-state index is 13.4. The van der Waals surface area contributed by atoms with Gasteiger partial charge in [-0.05, 0) is 54.9 Å². The summed E-state index contributed by atoms with van der Waals surface area (Å²) in [5, 5.41) is 7.32. The third-order valence-corrected chi connectivity index (χ3v) is 6.80. The minimum Gasteiger partial charge on any atom is -0.344 e. The number of aldehydes is 1. The summed E-state index contributed by atoms with van der Waals surface area (Å²) in [7, 11) is 0. The topological polar surface area (TPSA) is 83.8 Å². The second kappa shape index (κ2) is 8.57. The summed E-state index contributed by atoms with van der Waals surface area (Å²) in [6.45, 7) is 0.555. The lowest BCUT2D eigenvalue weighted by atomic mass is 9.93. The molecule has 1 aliphatic heterocycles. The molecule has 2 amide bonds. The van der Waals surface area contributed by atoms with Crippen LogP contribution in [0.4, 0.5) is 0 Å². The van der Waals surface area contributed by atoms with Gasteiger partial charge in [-0.1, -0.05) is 42.8 Å². The maximum atomic E-state index is 13.4. The van der Waals surface area contributed by atoms with Crippen molar-refractivity contribution >= 4 is 23.6 Å². The van der Waals surface area contributed by atoms with E-state index in [1.165, 1.54) is 0 Å². The normalized spacial score (nSPS) is 23.1. The number of hydrogen-bond donors (Lipinski definition) is 1. The van der Waals surface area contributed by atoms with E-state index in [0.29, 0.717) is 24.6 Å². The lowest BCUT2D eigenvalue weighted by Crippen LogP contribution is -2.52. The van der Waals surface area contributed by atoms with Crippen molar-refractivity contribution in [3.05, 3.63) is 72.1 Å². The molecule has 0 radical (unpaired) electrons. The number of hydrogen-bond acceptors (Lipinski definition) is 4. The highest BCUT2D eigenvalue weighted by Crippen LogP contribution is 2.42. The molecule has 164 valence electrons. The Labute approximate surface area is 186 Å². The molecular weight excluding hydrogens is 404 g/mol. The van der Waals surface area contributed by atoms with Gasteiger partial charge in [0.05, 0.1) is 11.6 Å². The Kier molecular flexibility index (Phi) is 5.47. The summed E-state index contributed by atoms with van der Waals surface area (Å²) in [4.78, 5) is 40.2. The van der Waals surface area contributed by atoms with E-state index < -0.39 is 12.1 Å². The van der Waals surface area contributed by atoms with Crippen molar-refractivity contribution in [1.29, 1.82) is 0 Å². The molecule has 0 bridgehead atoms. The first-order valence-corrected chi connectivity index (χ1v) is 11.2. The SMILES string of the molecule is O=C[C@H](Cc1ccccc1)NC(=O)[C@@H]1[C@H]2CCC[C@H]2CN1C(=O)c1cc2ccccn2n1. The number of likely N-dealkylation sites (tertiary alicyclic amines) is 1. The van der Waals surface area contributed by atoms with E-state index >= 15 is 0 Å². The van der Waals surface area contributed by atoms with Crippen molar-refractivity contribution in [1.82, 2.24) is 19.8 Å². The van der Waals surface area contributed by atoms with Crippen molar-refractivity contribution in [2.75, 3.05) is 6.54 Å². The molecule has 1 saturated heterocycles. The van der Waals surface area contributed by atoms with Gasteiger partial charge in [-0.15, -0.1) is 0 Å². The molecular formula is C25H26N4O3. The number of amides is 2. The number of nitrogens with one attached hydrogen (secondary N) is 1. The molecule has 4 atom stereocenters. The first kappa shape index (κ1) is 20.4. The van der Waals surface area contributed by atoms with Crippen molar-refractivity contribution in [3.8, 4) is 0 Å². The first-order chi connectivity index (χ1) is 15.6. The fourth-order valence-electron chi connectivity index (χ4n) is 5.31. The number of fused-ring (bicyclic) bond motifs is 2. The van der Waals surface area contributed by atoms with Gasteiger partial charge in [-0.25, -0.2) is 4.52 Å². The van der Waals surface area contributed by atoms with E-state index in [4.69, 9.17) is 0 Å². The Balaban J connectivity index is 1.37. The van der Waals surface area contributed by atoms with Gasteiger partial charge in [0, 0.05) is 12.7 Å². The zero-order valence-electron chi connectivity index (χ0n) is 17.8. The molecule has 0 unspecified atom stereocenters. The molecule has 5 rings (SSSR count). The van der Waals surface area contributed by atoms with Crippen LogP contribution in [-0.2, 0) is 16.0 Å². The van der Waals surface area contributed by atoms with E-state index in [1.54, 1.807) is 21.7 Å². The number of benzene rings is 1. The Morgan fingerprint density at radius 3 is 2.72 bits per heavy atom. The van der Waals surface area contributed by atoms with Crippen LogP contribution in [0.2, 0.25) is 0 Å². The van der Waals surface area contributed by atoms with Crippen LogP contribution < -0.4 is 5.32 Å². The second-order valence-electron chi connectivity index (χ2n) is 8.80. The molecule has 1 saturated carbocycles. The van der Waals surface area contributed by atoms with E-state index in [1.807, 2.05) is 48.5 Å². The largest absolute Gasteiger partial charge is 0.344 e. The van der Waals surface area contributed by atoms with Gasteiger partial charge >= 0.3 is 0 Å². The smallest absolute Gasteiger partial charge is 0.275 e. The third kappa shape index (κ3) is 3.79. The van der Waals surface area contributed by atoms with Crippen LogP contribution in [0.15, 0.2) is 60.8 Å². The standard InChI is InChI=1S/C25H26N4O3/c30-16-19(13-17-7-2-1-3-8-17)26-24(31)23-21-11-6-9-18(21)15-28(23)25(32)22-14-20-10-4-5-12-29(20)27-22/h1-5,7-8,10,12,14,16,18-19,21,23H,6,9,11,13,15H2,(H,26,31)/t18-,19-,21-,23-/m0/s1.